The highest BCUT2D eigenvalue weighted by molar-refractivity contribution is 7.84. The SMILES string of the molecule is CC(=O)c1nn(-c2c(Cl)cc(C(F)(F)F)cc2Cl)c(N)c1S(C)=O.[C-]#[N+]c1nn(-c2c(Cl)cc(C(F)(F)F)cc2Cl)c(N)c1C1(C(F)(F)F)CO1. The van der Waals surface area contributed by atoms with Crippen LogP contribution in [0.25, 0.3) is 16.2 Å². The van der Waals surface area contributed by atoms with Gasteiger partial charge < -0.3 is 21.0 Å². The second-order valence-corrected chi connectivity index (χ2v) is 13.2. The van der Waals surface area contributed by atoms with Crippen LogP contribution in [-0.2, 0) is 33.5 Å². The second kappa shape index (κ2) is 13.7. The largest absolute Gasteiger partial charge is 0.422 e. The molecule has 0 amide bonds. The van der Waals surface area contributed by atoms with Gasteiger partial charge in [0, 0.05) is 13.2 Å². The van der Waals surface area contributed by atoms with Gasteiger partial charge in [-0.15, -0.1) is 4.68 Å². The van der Waals surface area contributed by atoms with Crippen molar-refractivity contribution in [2.45, 2.75) is 35.9 Å². The number of aromatic nitrogens is 4. The molecule has 2 aromatic carbocycles. The molecular weight excluding hydrogens is 815 g/mol. The van der Waals surface area contributed by atoms with Gasteiger partial charge in [-0.1, -0.05) is 53.0 Å². The number of rotatable bonds is 5. The van der Waals surface area contributed by atoms with Crippen LogP contribution in [0.4, 0.5) is 57.0 Å². The number of alkyl halides is 9. The zero-order chi connectivity index (χ0) is 38.8. The predicted molar refractivity (Wildman–Crippen MR) is 168 cm³/mol. The summed E-state index contributed by atoms with van der Waals surface area (Å²) in [5, 5.41) is 5.69. The van der Waals surface area contributed by atoms with E-state index in [2.05, 4.69) is 19.8 Å². The molecule has 1 aliphatic heterocycles. The van der Waals surface area contributed by atoms with E-state index in [1.165, 1.54) is 13.2 Å². The first-order valence-corrected chi connectivity index (χ1v) is 16.2. The molecule has 0 radical (unpaired) electrons. The fourth-order valence-electron chi connectivity index (χ4n) is 4.54. The summed E-state index contributed by atoms with van der Waals surface area (Å²) in [6, 6.07) is 2.38. The van der Waals surface area contributed by atoms with Crippen LogP contribution >= 0.6 is 46.4 Å². The average molecular weight is 831 g/mol. The maximum Gasteiger partial charge on any atom is 0.422 e. The van der Waals surface area contributed by atoms with E-state index in [1.807, 2.05) is 0 Å². The Bertz CT molecular complexity index is 2090. The number of halogens is 13. The van der Waals surface area contributed by atoms with E-state index in [0.717, 1.165) is 4.68 Å². The summed E-state index contributed by atoms with van der Waals surface area (Å²) in [5.74, 6) is -2.09. The molecule has 2 aromatic heterocycles. The number of nitrogens with two attached hydrogens (primary N) is 2. The van der Waals surface area contributed by atoms with Crippen molar-refractivity contribution < 1.29 is 53.3 Å². The molecule has 24 heteroatoms. The number of anilines is 2. The molecule has 51 heavy (non-hydrogen) atoms. The minimum Gasteiger partial charge on any atom is -0.383 e. The molecule has 0 bridgehead atoms. The van der Waals surface area contributed by atoms with Gasteiger partial charge in [-0.25, -0.2) is 4.68 Å². The van der Waals surface area contributed by atoms with Crippen LogP contribution in [0.3, 0.4) is 0 Å². The summed E-state index contributed by atoms with van der Waals surface area (Å²) < 4.78 is 135. The molecule has 2 atom stereocenters. The normalized spacial score (nSPS) is 16.7. The number of Topliss-reactive ketones (excluding diaryl/α,β-unsaturated/α-hetero) is 1. The molecule has 1 saturated heterocycles. The van der Waals surface area contributed by atoms with E-state index in [-0.39, 0.29) is 32.1 Å². The van der Waals surface area contributed by atoms with Crippen LogP contribution < -0.4 is 11.5 Å². The van der Waals surface area contributed by atoms with E-state index in [1.54, 1.807) is 0 Å². The molecular formula is C27H16Cl4F9N7O3S. The molecule has 0 spiro atoms. The topological polar surface area (TPSA) is 139 Å². The number of nitrogens with zero attached hydrogens (tertiary/aromatic N) is 5. The third-order valence-electron chi connectivity index (χ3n) is 6.91. The van der Waals surface area contributed by atoms with Crippen molar-refractivity contribution >= 4 is 80.4 Å². The van der Waals surface area contributed by atoms with Crippen molar-refractivity contribution in [2.24, 2.45) is 0 Å². The van der Waals surface area contributed by atoms with Gasteiger partial charge in [-0.05, 0) is 29.4 Å². The number of carbonyl (C=O) groups is 1. The number of nitrogen functional groups attached to an aromatic ring is 2. The van der Waals surface area contributed by atoms with Gasteiger partial charge >= 0.3 is 24.3 Å². The minimum absolute atomic E-state index is 0.0328. The lowest BCUT2D eigenvalue weighted by Crippen LogP contribution is -2.31. The zero-order valence-corrected chi connectivity index (χ0v) is 28.8. The van der Waals surface area contributed by atoms with Crippen molar-refractivity contribution in [1.29, 1.82) is 0 Å². The minimum atomic E-state index is -4.89. The molecule has 2 unspecified atom stereocenters. The Morgan fingerprint density at radius 3 is 1.53 bits per heavy atom. The van der Waals surface area contributed by atoms with Crippen molar-refractivity contribution in [2.75, 3.05) is 24.3 Å². The number of epoxide rings is 1. The van der Waals surface area contributed by atoms with E-state index in [0.29, 0.717) is 28.9 Å². The van der Waals surface area contributed by atoms with Crippen molar-refractivity contribution in [1.82, 2.24) is 19.6 Å². The Morgan fingerprint density at radius 2 is 1.25 bits per heavy atom. The number of ketones is 1. The molecule has 3 heterocycles. The van der Waals surface area contributed by atoms with Gasteiger partial charge in [0.2, 0.25) is 5.60 Å². The third-order valence-corrected chi connectivity index (χ3v) is 9.04. The molecule has 1 aliphatic rings. The Hall–Kier alpha value is -3.74. The standard InChI is InChI=1S/C14H6Cl2F6N4O.C13H10Cl2F3N3O2S/c1-24-11-8(12(4-27-12)14(20,21)22)10(23)26(25-11)9-6(15)2-5(3-7(9)16)13(17,18)19;1-5(22)9-11(24(2)23)12(19)21(20-9)10-7(14)3-6(4-8(10)15)13(16,17)18/h2-3H,4,23H2;3-4H,19H2,1-2H3. The highest BCUT2D eigenvalue weighted by Crippen LogP contribution is 2.56. The maximum atomic E-state index is 13.3. The van der Waals surface area contributed by atoms with E-state index in [9.17, 15) is 48.5 Å². The fraction of sp³-hybridized carbons (Fsp3) is 0.259. The van der Waals surface area contributed by atoms with Crippen LogP contribution in [0.2, 0.25) is 20.1 Å². The Balaban J connectivity index is 0.000000230. The molecule has 4 aromatic rings. The smallest absolute Gasteiger partial charge is 0.383 e. The van der Waals surface area contributed by atoms with Gasteiger partial charge in [0.05, 0.1) is 54.2 Å². The molecule has 0 aliphatic carbocycles. The Morgan fingerprint density at radius 1 is 0.863 bits per heavy atom. The quantitative estimate of drug-likeness (QED) is 0.0887. The summed E-state index contributed by atoms with van der Waals surface area (Å²) in [6.45, 7) is 7.47. The molecule has 5 rings (SSSR count). The first-order valence-electron chi connectivity index (χ1n) is 13.1. The monoisotopic (exact) mass is 829 g/mol. The number of benzene rings is 2. The lowest BCUT2D eigenvalue weighted by molar-refractivity contribution is -0.186. The number of hydrogen-bond acceptors (Lipinski definition) is 7. The van der Waals surface area contributed by atoms with Crippen molar-refractivity contribution in [3.8, 4) is 11.4 Å². The fourth-order valence-corrected chi connectivity index (χ4v) is 6.67. The molecule has 1 fully saturated rings. The Kier molecular flexibility index (Phi) is 10.7. The number of ether oxygens (including phenoxy) is 1. The van der Waals surface area contributed by atoms with Crippen molar-refractivity contribution in [3.63, 3.8) is 0 Å². The summed E-state index contributed by atoms with van der Waals surface area (Å²) in [4.78, 5) is 14.5. The third kappa shape index (κ3) is 7.45. The van der Waals surface area contributed by atoms with E-state index in [4.69, 9.17) is 64.4 Å². The van der Waals surface area contributed by atoms with Gasteiger partial charge in [0.1, 0.15) is 33.6 Å². The van der Waals surface area contributed by atoms with Crippen LogP contribution in [-0.4, -0.2) is 48.6 Å². The van der Waals surface area contributed by atoms with Crippen LogP contribution in [0, 0.1) is 6.57 Å². The molecule has 4 N–H and O–H groups in total. The Labute approximate surface area is 302 Å². The van der Waals surface area contributed by atoms with Crippen LogP contribution in [0.15, 0.2) is 29.2 Å². The summed E-state index contributed by atoms with van der Waals surface area (Å²) in [7, 11) is -1.65. The highest BCUT2D eigenvalue weighted by Gasteiger charge is 2.69. The van der Waals surface area contributed by atoms with Gasteiger partial charge in [0.25, 0.3) is 0 Å². The highest BCUT2D eigenvalue weighted by atomic mass is 35.5. The lowest BCUT2D eigenvalue weighted by Gasteiger charge is -2.16. The lowest BCUT2D eigenvalue weighted by atomic mass is 10.0. The summed E-state index contributed by atoms with van der Waals surface area (Å²) >= 11 is 23.5. The van der Waals surface area contributed by atoms with Crippen molar-refractivity contribution in [3.05, 3.63) is 78.2 Å². The number of carbonyl (C=O) groups excluding carboxylic acids is 1. The molecule has 10 nitrogen and oxygen atoms in total. The van der Waals surface area contributed by atoms with Gasteiger partial charge in [-0.3, -0.25) is 9.00 Å². The number of hydrogen-bond donors (Lipinski definition) is 2. The van der Waals surface area contributed by atoms with E-state index >= 15 is 0 Å². The maximum absolute atomic E-state index is 13.3. The summed E-state index contributed by atoms with van der Waals surface area (Å²) in [5.41, 5.74) is 5.13. The van der Waals surface area contributed by atoms with E-state index < -0.39 is 91.4 Å². The first-order chi connectivity index (χ1) is 23.3. The van der Waals surface area contributed by atoms with Crippen LogP contribution in [0.5, 0.6) is 0 Å². The predicted octanol–water partition coefficient (Wildman–Crippen LogP) is 8.84. The van der Waals surface area contributed by atoms with Gasteiger partial charge in [0.15, 0.2) is 5.78 Å². The second-order valence-electron chi connectivity index (χ2n) is 10.3. The van der Waals surface area contributed by atoms with Gasteiger partial charge in [-0.2, -0.15) is 44.6 Å². The summed E-state index contributed by atoms with van der Waals surface area (Å²) in [6.07, 6.45) is -13.0. The first kappa shape index (κ1) is 40.0. The zero-order valence-electron chi connectivity index (χ0n) is 25.0. The average Bonchev–Trinajstić information content (AvgIpc) is 3.63. The molecule has 274 valence electrons. The molecule has 0 saturated carbocycles. The van der Waals surface area contributed by atoms with Crippen LogP contribution in [0.1, 0.15) is 34.1 Å².